The zero-order chi connectivity index (χ0) is 19.2. The zero-order valence-electron chi connectivity index (χ0n) is 15.6. The van der Waals surface area contributed by atoms with Gasteiger partial charge >= 0.3 is 6.03 Å². The SMILES string of the molecule is COc1cc(NC(=O)Nc2cc(N3CCCC3)ncn2)cc(OC)c1OC. The van der Waals surface area contributed by atoms with Crippen LogP contribution in [0.1, 0.15) is 12.8 Å². The van der Waals surface area contributed by atoms with Crippen LogP contribution in [0.15, 0.2) is 24.5 Å². The third kappa shape index (κ3) is 4.30. The summed E-state index contributed by atoms with van der Waals surface area (Å²) in [5.74, 6) is 2.59. The number of hydrogen-bond acceptors (Lipinski definition) is 7. The molecule has 2 N–H and O–H groups in total. The summed E-state index contributed by atoms with van der Waals surface area (Å²) in [6.45, 7) is 1.93. The third-order valence-electron chi connectivity index (χ3n) is 4.25. The molecule has 2 amide bonds. The maximum absolute atomic E-state index is 12.4. The minimum atomic E-state index is -0.435. The van der Waals surface area contributed by atoms with Crippen LogP contribution >= 0.6 is 0 Å². The number of nitrogens with one attached hydrogen (secondary N) is 2. The van der Waals surface area contributed by atoms with E-state index in [0.717, 1.165) is 31.7 Å². The van der Waals surface area contributed by atoms with Gasteiger partial charge in [-0.2, -0.15) is 0 Å². The Morgan fingerprint density at radius 2 is 1.63 bits per heavy atom. The molecule has 27 heavy (non-hydrogen) atoms. The molecule has 1 aliphatic heterocycles. The Balaban J connectivity index is 1.71. The summed E-state index contributed by atoms with van der Waals surface area (Å²) in [5, 5.41) is 5.46. The highest BCUT2D eigenvalue weighted by Crippen LogP contribution is 2.39. The third-order valence-corrected chi connectivity index (χ3v) is 4.25. The number of nitrogens with zero attached hydrogens (tertiary/aromatic N) is 3. The number of rotatable bonds is 6. The van der Waals surface area contributed by atoms with Gasteiger partial charge in [-0.25, -0.2) is 14.8 Å². The summed E-state index contributed by atoms with van der Waals surface area (Å²) in [4.78, 5) is 22.9. The zero-order valence-corrected chi connectivity index (χ0v) is 15.6. The lowest BCUT2D eigenvalue weighted by molar-refractivity contribution is 0.262. The molecule has 0 bridgehead atoms. The van der Waals surface area contributed by atoms with Gasteiger partial charge < -0.3 is 24.4 Å². The number of aromatic nitrogens is 2. The molecule has 1 aromatic carbocycles. The minimum Gasteiger partial charge on any atom is -0.493 e. The Hall–Kier alpha value is -3.23. The van der Waals surface area contributed by atoms with E-state index in [2.05, 4.69) is 25.5 Å². The van der Waals surface area contributed by atoms with Gasteiger partial charge in [0, 0.05) is 31.3 Å². The van der Waals surface area contributed by atoms with E-state index in [1.807, 2.05) is 0 Å². The van der Waals surface area contributed by atoms with Gasteiger partial charge in [0.15, 0.2) is 11.5 Å². The van der Waals surface area contributed by atoms with Crippen LogP contribution in [-0.4, -0.2) is 50.4 Å². The monoisotopic (exact) mass is 373 g/mol. The van der Waals surface area contributed by atoms with Gasteiger partial charge in [-0.05, 0) is 12.8 Å². The highest BCUT2D eigenvalue weighted by atomic mass is 16.5. The molecule has 1 aliphatic rings. The molecular formula is C18H23N5O4. The molecule has 0 atom stereocenters. The van der Waals surface area contributed by atoms with E-state index < -0.39 is 6.03 Å². The van der Waals surface area contributed by atoms with E-state index in [9.17, 15) is 4.79 Å². The Morgan fingerprint density at radius 3 is 2.22 bits per heavy atom. The van der Waals surface area contributed by atoms with E-state index in [4.69, 9.17) is 14.2 Å². The van der Waals surface area contributed by atoms with Crippen LogP contribution in [0.2, 0.25) is 0 Å². The Kier molecular flexibility index (Phi) is 5.80. The van der Waals surface area contributed by atoms with Crippen molar-refractivity contribution in [3.63, 3.8) is 0 Å². The predicted octanol–water partition coefficient (Wildman–Crippen LogP) is 2.75. The molecular weight excluding hydrogens is 350 g/mol. The van der Waals surface area contributed by atoms with Crippen molar-refractivity contribution in [2.45, 2.75) is 12.8 Å². The van der Waals surface area contributed by atoms with Crippen molar-refractivity contribution >= 4 is 23.4 Å². The maximum atomic E-state index is 12.4. The summed E-state index contributed by atoms with van der Waals surface area (Å²) in [6.07, 6.45) is 3.74. The number of ether oxygens (including phenoxy) is 3. The Labute approximate surface area is 157 Å². The molecule has 0 saturated carbocycles. The summed E-state index contributed by atoms with van der Waals surface area (Å²) in [5.41, 5.74) is 0.496. The fourth-order valence-electron chi connectivity index (χ4n) is 2.97. The van der Waals surface area contributed by atoms with Gasteiger partial charge in [0.05, 0.1) is 27.0 Å². The maximum Gasteiger partial charge on any atom is 0.324 e. The average Bonchev–Trinajstić information content (AvgIpc) is 3.22. The molecule has 144 valence electrons. The second-order valence-corrected chi connectivity index (χ2v) is 5.95. The van der Waals surface area contributed by atoms with Gasteiger partial charge in [-0.3, -0.25) is 5.32 Å². The van der Waals surface area contributed by atoms with Crippen molar-refractivity contribution in [1.29, 1.82) is 0 Å². The number of methoxy groups -OCH3 is 3. The molecule has 2 heterocycles. The lowest BCUT2D eigenvalue weighted by atomic mass is 10.2. The minimum absolute atomic E-state index is 0.428. The van der Waals surface area contributed by atoms with Crippen molar-refractivity contribution in [2.75, 3.05) is 50.0 Å². The number of urea groups is 1. The van der Waals surface area contributed by atoms with Crippen LogP contribution in [0.4, 0.5) is 22.1 Å². The number of benzene rings is 1. The lowest BCUT2D eigenvalue weighted by Gasteiger charge is -2.17. The van der Waals surface area contributed by atoms with Gasteiger partial charge in [-0.1, -0.05) is 0 Å². The second-order valence-electron chi connectivity index (χ2n) is 5.95. The van der Waals surface area contributed by atoms with E-state index in [1.54, 1.807) is 18.2 Å². The fraction of sp³-hybridized carbons (Fsp3) is 0.389. The highest BCUT2D eigenvalue weighted by molar-refractivity contribution is 5.99. The molecule has 2 aromatic rings. The molecule has 1 aromatic heterocycles. The first kappa shape index (κ1) is 18.6. The van der Waals surface area contributed by atoms with Crippen LogP contribution in [0.25, 0.3) is 0 Å². The first-order valence-electron chi connectivity index (χ1n) is 8.59. The smallest absolute Gasteiger partial charge is 0.324 e. The van der Waals surface area contributed by atoms with Crippen LogP contribution in [-0.2, 0) is 0 Å². The summed E-state index contributed by atoms with van der Waals surface area (Å²) in [7, 11) is 4.55. The second kappa shape index (κ2) is 8.43. The Morgan fingerprint density at radius 1 is 0.963 bits per heavy atom. The summed E-state index contributed by atoms with van der Waals surface area (Å²) < 4.78 is 15.9. The van der Waals surface area contributed by atoms with Crippen LogP contribution in [0, 0.1) is 0 Å². The molecule has 9 heteroatoms. The van der Waals surface area contributed by atoms with Gasteiger partial charge in [0.1, 0.15) is 18.0 Å². The molecule has 1 fully saturated rings. The topological polar surface area (TPSA) is 97.8 Å². The fourth-order valence-corrected chi connectivity index (χ4v) is 2.97. The predicted molar refractivity (Wildman–Crippen MR) is 102 cm³/mol. The number of carbonyl (C=O) groups is 1. The van der Waals surface area contributed by atoms with Crippen LogP contribution in [0.3, 0.4) is 0 Å². The molecule has 3 rings (SSSR count). The van der Waals surface area contributed by atoms with Gasteiger partial charge in [0.25, 0.3) is 0 Å². The van der Waals surface area contributed by atoms with Crippen molar-refractivity contribution in [1.82, 2.24) is 9.97 Å². The first-order chi connectivity index (χ1) is 13.1. The van der Waals surface area contributed by atoms with Crippen LogP contribution in [0.5, 0.6) is 17.2 Å². The van der Waals surface area contributed by atoms with E-state index in [-0.39, 0.29) is 0 Å². The van der Waals surface area contributed by atoms with Crippen molar-refractivity contribution in [3.05, 3.63) is 24.5 Å². The number of carbonyl (C=O) groups excluding carboxylic acids is 1. The quantitative estimate of drug-likeness (QED) is 0.803. The number of hydrogen-bond donors (Lipinski definition) is 2. The molecule has 0 unspecified atom stereocenters. The summed E-state index contributed by atoms with van der Waals surface area (Å²) in [6, 6.07) is 4.63. The first-order valence-corrected chi connectivity index (χ1v) is 8.59. The number of amides is 2. The average molecular weight is 373 g/mol. The number of anilines is 3. The highest BCUT2D eigenvalue weighted by Gasteiger charge is 2.16. The van der Waals surface area contributed by atoms with Crippen molar-refractivity contribution in [3.8, 4) is 17.2 Å². The van der Waals surface area contributed by atoms with E-state index in [1.165, 1.54) is 27.7 Å². The normalized spacial score (nSPS) is 13.2. The molecule has 0 aliphatic carbocycles. The van der Waals surface area contributed by atoms with Crippen molar-refractivity contribution in [2.24, 2.45) is 0 Å². The van der Waals surface area contributed by atoms with Crippen LogP contribution < -0.4 is 29.7 Å². The molecule has 0 spiro atoms. The lowest BCUT2D eigenvalue weighted by Crippen LogP contribution is -2.22. The van der Waals surface area contributed by atoms with Gasteiger partial charge in [-0.15, -0.1) is 0 Å². The summed E-state index contributed by atoms with van der Waals surface area (Å²) >= 11 is 0. The molecule has 9 nitrogen and oxygen atoms in total. The Bertz CT molecular complexity index is 783. The molecule has 0 radical (unpaired) electrons. The van der Waals surface area contributed by atoms with Crippen molar-refractivity contribution < 1.29 is 19.0 Å². The largest absolute Gasteiger partial charge is 0.493 e. The van der Waals surface area contributed by atoms with E-state index >= 15 is 0 Å². The standard InChI is InChI=1S/C18H23N5O4/c1-25-13-8-12(9-14(26-2)17(13)27-3)21-18(24)22-15-10-16(20-11-19-15)23-6-4-5-7-23/h8-11H,4-7H2,1-3H3,(H2,19,20,21,22,24). The molecule has 1 saturated heterocycles. The van der Waals surface area contributed by atoms with Gasteiger partial charge in [0.2, 0.25) is 5.75 Å². The van der Waals surface area contributed by atoms with E-state index in [0.29, 0.717) is 28.8 Å².